The Morgan fingerprint density at radius 2 is 1.79 bits per heavy atom. The third-order valence-corrected chi connectivity index (χ3v) is 7.08. The van der Waals surface area contributed by atoms with Gasteiger partial charge in [-0.1, -0.05) is 0 Å². The van der Waals surface area contributed by atoms with Crippen LogP contribution in [0.5, 0.6) is 5.75 Å². The summed E-state index contributed by atoms with van der Waals surface area (Å²) in [6.45, 7) is 5.46. The molecule has 0 unspecified atom stereocenters. The van der Waals surface area contributed by atoms with E-state index in [1.54, 1.807) is 12.0 Å². The first kappa shape index (κ1) is 20.6. The number of hydrogen-bond acceptors (Lipinski definition) is 4. The van der Waals surface area contributed by atoms with Crippen LogP contribution in [0.25, 0.3) is 10.9 Å². The van der Waals surface area contributed by atoms with Crippen molar-refractivity contribution in [1.82, 2.24) is 18.1 Å². The van der Waals surface area contributed by atoms with Crippen molar-refractivity contribution in [2.24, 2.45) is 0 Å². The van der Waals surface area contributed by atoms with E-state index in [1.165, 1.54) is 22.7 Å². The van der Waals surface area contributed by atoms with Crippen LogP contribution in [0, 0.1) is 0 Å². The standard InChI is InChI=1S/C19H28N4O4S/c1-14(2)23-13-17(16-12-15(27-5)6-7-18(16)23)19(24)21-8-10-22(11-9-21)28(25,26)20(3)4/h6-7,12-14H,8-11H2,1-5H3. The van der Waals surface area contributed by atoms with Gasteiger partial charge in [0.25, 0.3) is 16.1 Å². The van der Waals surface area contributed by atoms with Gasteiger partial charge in [0.05, 0.1) is 12.7 Å². The van der Waals surface area contributed by atoms with Gasteiger partial charge in [0.2, 0.25) is 0 Å². The fourth-order valence-corrected chi connectivity index (χ4v) is 4.57. The minimum absolute atomic E-state index is 0.0837. The lowest BCUT2D eigenvalue weighted by Gasteiger charge is -2.35. The Hall–Kier alpha value is -2.10. The van der Waals surface area contributed by atoms with Crippen molar-refractivity contribution in [2.45, 2.75) is 19.9 Å². The van der Waals surface area contributed by atoms with Crippen LogP contribution < -0.4 is 4.74 Å². The van der Waals surface area contributed by atoms with Gasteiger partial charge in [-0.25, -0.2) is 0 Å². The van der Waals surface area contributed by atoms with Gasteiger partial charge in [-0.15, -0.1) is 0 Å². The van der Waals surface area contributed by atoms with Crippen molar-refractivity contribution < 1.29 is 17.9 Å². The van der Waals surface area contributed by atoms with E-state index in [-0.39, 0.29) is 11.9 Å². The molecule has 28 heavy (non-hydrogen) atoms. The summed E-state index contributed by atoms with van der Waals surface area (Å²) < 4.78 is 34.6. The van der Waals surface area contributed by atoms with E-state index in [9.17, 15) is 13.2 Å². The maximum absolute atomic E-state index is 13.2. The molecule has 9 heteroatoms. The number of carbonyl (C=O) groups is 1. The van der Waals surface area contributed by atoms with Gasteiger partial charge >= 0.3 is 0 Å². The largest absolute Gasteiger partial charge is 0.497 e. The number of ether oxygens (including phenoxy) is 1. The summed E-state index contributed by atoms with van der Waals surface area (Å²) in [6, 6.07) is 5.95. The molecule has 0 atom stereocenters. The van der Waals surface area contributed by atoms with E-state index in [0.29, 0.717) is 37.5 Å². The number of hydrogen-bond donors (Lipinski definition) is 0. The Morgan fingerprint density at radius 1 is 1.14 bits per heavy atom. The molecule has 2 heterocycles. The van der Waals surface area contributed by atoms with E-state index in [4.69, 9.17) is 4.74 Å². The van der Waals surface area contributed by atoms with Crippen LogP contribution in [-0.2, 0) is 10.2 Å². The van der Waals surface area contributed by atoms with Gasteiger partial charge in [0, 0.05) is 63.4 Å². The number of aromatic nitrogens is 1. The molecule has 0 bridgehead atoms. The average molecular weight is 409 g/mol. The van der Waals surface area contributed by atoms with Gasteiger partial charge in [-0.2, -0.15) is 17.0 Å². The summed E-state index contributed by atoms with van der Waals surface area (Å²) in [6.07, 6.45) is 1.89. The van der Waals surface area contributed by atoms with Crippen molar-refractivity contribution in [2.75, 3.05) is 47.4 Å². The SMILES string of the molecule is COc1ccc2c(c1)c(C(=O)N1CCN(S(=O)(=O)N(C)C)CC1)cn2C(C)C. The first-order valence-corrected chi connectivity index (χ1v) is 10.7. The molecular weight excluding hydrogens is 380 g/mol. The Morgan fingerprint density at radius 3 is 2.32 bits per heavy atom. The zero-order valence-corrected chi connectivity index (χ0v) is 17.9. The van der Waals surface area contributed by atoms with Gasteiger partial charge in [0.1, 0.15) is 5.75 Å². The maximum atomic E-state index is 13.2. The summed E-state index contributed by atoms with van der Waals surface area (Å²) >= 11 is 0. The van der Waals surface area contributed by atoms with Gasteiger partial charge in [-0.05, 0) is 32.0 Å². The Balaban J connectivity index is 1.88. The van der Waals surface area contributed by atoms with Crippen LogP contribution in [0.4, 0.5) is 0 Å². The monoisotopic (exact) mass is 408 g/mol. The van der Waals surface area contributed by atoms with E-state index >= 15 is 0 Å². The molecule has 3 rings (SSSR count). The van der Waals surface area contributed by atoms with E-state index in [0.717, 1.165) is 10.9 Å². The molecule has 154 valence electrons. The lowest BCUT2D eigenvalue weighted by atomic mass is 10.1. The highest BCUT2D eigenvalue weighted by molar-refractivity contribution is 7.86. The molecule has 0 spiro atoms. The maximum Gasteiger partial charge on any atom is 0.281 e. The molecule has 0 radical (unpaired) electrons. The molecule has 1 saturated heterocycles. The normalized spacial score (nSPS) is 16.3. The van der Waals surface area contributed by atoms with Crippen LogP contribution in [0.1, 0.15) is 30.2 Å². The molecule has 1 aromatic heterocycles. The van der Waals surface area contributed by atoms with Crippen LogP contribution in [0.15, 0.2) is 24.4 Å². The summed E-state index contributed by atoms with van der Waals surface area (Å²) in [4.78, 5) is 15.0. The fourth-order valence-electron chi connectivity index (χ4n) is 3.48. The predicted molar refractivity (Wildman–Crippen MR) is 109 cm³/mol. The lowest BCUT2D eigenvalue weighted by Crippen LogP contribution is -2.53. The van der Waals surface area contributed by atoms with Crippen molar-refractivity contribution in [3.05, 3.63) is 30.0 Å². The van der Waals surface area contributed by atoms with Crippen molar-refractivity contribution in [3.63, 3.8) is 0 Å². The average Bonchev–Trinajstić information content (AvgIpc) is 3.06. The molecule has 1 amide bonds. The lowest BCUT2D eigenvalue weighted by molar-refractivity contribution is 0.0697. The highest BCUT2D eigenvalue weighted by Gasteiger charge is 2.31. The Bertz CT molecular complexity index is 973. The molecule has 0 N–H and O–H groups in total. The van der Waals surface area contributed by atoms with Crippen LogP contribution in [0.3, 0.4) is 0 Å². The molecule has 8 nitrogen and oxygen atoms in total. The summed E-state index contributed by atoms with van der Waals surface area (Å²) in [7, 11) is 1.18. The van der Waals surface area contributed by atoms with Crippen molar-refractivity contribution in [1.29, 1.82) is 0 Å². The van der Waals surface area contributed by atoms with Crippen LogP contribution in [-0.4, -0.2) is 79.8 Å². The van der Waals surface area contributed by atoms with Gasteiger partial charge < -0.3 is 14.2 Å². The number of amides is 1. The Kier molecular flexibility index (Phi) is 5.69. The van der Waals surface area contributed by atoms with Crippen molar-refractivity contribution in [3.8, 4) is 5.75 Å². The fraction of sp³-hybridized carbons (Fsp3) is 0.526. The van der Waals surface area contributed by atoms with Crippen molar-refractivity contribution >= 4 is 27.0 Å². The number of carbonyl (C=O) groups excluding carboxylic acids is 1. The molecule has 0 aliphatic carbocycles. The second-order valence-electron chi connectivity index (χ2n) is 7.41. The summed E-state index contributed by atoms with van der Waals surface area (Å²) in [5.41, 5.74) is 1.60. The first-order chi connectivity index (χ1) is 13.2. The number of rotatable bonds is 5. The second kappa shape index (κ2) is 7.73. The van der Waals surface area contributed by atoms with E-state index in [2.05, 4.69) is 18.4 Å². The predicted octanol–water partition coefficient (Wildman–Crippen LogP) is 1.79. The zero-order chi connectivity index (χ0) is 20.6. The highest BCUT2D eigenvalue weighted by atomic mass is 32.2. The highest BCUT2D eigenvalue weighted by Crippen LogP contribution is 2.29. The Labute approximate surface area is 166 Å². The molecular formula is C19H28N4O4S. The minimum Gasteiger partial charge on any atom is -0.497 e. The summed E-state index contributed by atoms with van der Waals surface area (Å²) in [5, 5.41) is 0.849. The first-order valence-electron chi connectivity index (χ1n) is 9.32. The van der Waals surface area contributed by atoms with Crippen LogP contribution >= 0.6 is 0 Å². The van der Waals surface area contributed by atoms with Gasteiger partial charge in [-0.3, -0.25) is 4.79 Å². The molecule has 2 aromatic rings. The van der Waals surface area contributed by atoms with E-state index < -0.39 is 10.2 Å². The third-order valence-electron chi connectivity index (χ3n) is 5.14. The number of benzene rings is 1. The number of methoxy groups -OCH3 is 1. The quantitative estimate of drug-likeness (QED) is 0.756. The number of fused-ring (bicyclic) bond motifs is 1. The second-order valence-corrected chi connectivity index (χ2v) is 9.55. The minimum atomic E-state index is -3.46. The van der Waals surface area contributed by atoms with Gasteiger partial charge in [0.15, 0.2) is 0 Å². The third kappa shape index (κ3) is 3.61. The number of piperazine rings is 1. The van der Waals surface area contributed by atoms with Crippen LogP contribution in [0.2, 0.25) is 0 Å². The molecule has 0 saturated carbocycles. The van der Waals surface area contributed by atoms with E-state index in [1.807, 2.05) is 24.4 Å². The molecule has 1 aromatic carbocycles. The molecule has 1 aliphatic rings. The number of nitrogens with zero attached hydrogens (tertiary/aromatic N) is 4. The molecule has 1 fully saturated rings. The topological polar surface area (TPSA) is 75.1 Å². The molecule has 1 aliphatic heterocycles. The summed E-state index contributed by atoms with van der Waals surface area (Å²) in [5.74, 6) is 0.615. The zero-order valence-electron chi connectivity index (χ0n) is 17.0. The smallest absolute Gasteiger partial charge is 0.281 e.